The lowest BCUT2D eigenvalue weighted by Gasteiger charge is -2.29. The van der Waals surface area contributed by atoms with Crippen LogP contribution in [0.15, 0.2) is 47.3 Å². The maximum atomic E-state index is 12.4. The van der Waals surface area contributed by atoms with E-state index >= 15 is 0 Å². The first-order valence-corrected chi connectivity index (χ1v) is 7.65. The van der Waals surface area contributed by atoms with E-state index in [1.165, 1.54) is 0 Å². The number of nitrogens with zero attached hydrogens (tertiary/aromatic N) is 1. The molecular formula is C17H14N4O4. The summed E-state index contributed by atoms with van der Waals surface area (Å²) in [5.41, 5.74) is 2.22. The highest BCUT2D eigenvalue weighted by atomic mass is 16.5. The number of esters is 1. The van der Waals surface area contributed by atoms with Crippen LogP contribution in [0.2, 0.25) is 0 Å². The number of ether oxygens (including phenoxy) is 1. The lowest BCUT2D eigenvalue weighted by atomic mass is 10.2. The number of rotatable bonds is 3. The van der Waals surface area contributed by atoms with Crippen LogP contribution in [0.25, 0.3) is 11.0 Å². The minimum absolute atomic E-state index is 0.00775. The number of carbonyl (C=O) groups is 2. The Hall–Kier alpha value is -3.55. The molecule has 0 unspecified atom stereocenters. The first-order valence-electron chi connectivity index (χ1n) is 7.65. The fraction of sp³-hybridized carbons (Fsp3) is 0.118. The van der Waals surface area contributed by atoms with Gasteiger partial charge in [0.15, 0.2) is 5.75 Å². The third-order valence-corrected chi connectivity index (χ3v) is 3.88. The number of hydrogen-bond acceptors (Lipinski definition) is 5. The number of anilines is 2. The Balaban J connectivity index is 1.51. The van der Waals surface area contributed by atoms with E-state index in [0.717, 1.165) is 0 Å². The molecule has 1 amide bonds. The van der Waals surface area contributed by atoms with Gasteiger partial charge in [0.25, 0.3) is 0 Å². The van der Waals surface area contributed by atoms with Crippen LogP contribution in [-0.4, -0.2) is 34.9 Å². The summed E-state index contributed by atoms with van der Waals surface area (Å²) in [6.45, 7) is 0.0163. The first kappa shape index (κ1) is 15.0. The van der Waals surface area contributed by atoms with Crippen molar-refractivity contribution in [1.82, 2.24) is 9.97 Å². The summed E-state index contributed by atoms with van der Waals surface area (Å²) >= 11 is 0. The summed E-state index contributed by atoms with van der Waals surface area (Å²) in [4.78, 5) is 42.3. The van der Waals surface area contributed by atoms with Gasteiger partial charge in [0.05, 0.1) is 23.3 Å². The van der Waals surface area contributed by atoms with Gasteiger partial charge < -0.3 is 24.9 Å². The van der Waals surface area contributed by atoms with Gasteiger partial charge in [-0.3, -0.25) is 4.79 Å². The zero-order valence-corrected chi connectivity index (χ0v) is 13.0. The predicted octanol–water partition coefficient (Wildman–Crippen LogP) is 1.22. The monoisotopic (exact) mass is 338 g/mol. The molecule has 1 aliphatic rings. The lowest BCUT2D eigenvalue weighted by molar-refractivity contribution is -0.133. The number of carbonyl (C=O) groups excluding carboxylic acids is 2. The minimum Gasteiger partial charge on any atom is -0.423 e. The van der Waals surface area contributed by atoms with Crippen LogP contribution in [0.1, 0.15) is 0 Å². The fourth-order valence-corrected chi connectivity index (χ4v) is 2.83. The van der Waals surface area contributed by atoms with E-state index in [4.69, 9.17) is 4.74 Å². The standard InChI is InChI=1S/C17H14N4O4/c22-15(18-10-5-6-11-12(7-10)20-17(24)19-11)8-21-9-16(23)25-14-4-2-1-3-13(14)21/h1-7H,8-9H2,(H,18,22)(H2,19,20,24). The first-order chi connectivity index (χ1) is 12.1. The van der Waals surface area contributed by atoms with E-state index in [-0.39, 0.29) is 24.7 Å². The molecule has 126 valence electrons. The molecule has 0 radical (unpaired) electrons. The summed E-state index contributed by atoms with van der Waals surface area (Å²) in [5, 5.41) is 2.77. The smallest absolute Gasteiger partial charge is 0.331 e. The molecule has 0 fully saturated rings. The second kappa shape index (κ2) is 5.82. The molecule has 0 bridgehead atoms. The number of imidazole rings is 1. The highest BCUT2D eigenvalue weighted by molar-refractivity contribution is 5.97. The molecule has 0 spiro atoms. The van der Waals surface area contributed by atoms with E-state index in [2.05, 4.69) is 15.3 Å². The number of fused-ring (bicyclic) bond motifs is 2. The van der Waals surface area contributed by atoms with Gasteiger partial charge in [-0.15, -0.1) is 0 Å². The Labute approximate surface area is 141 Å². The number of aromatic nitrogens is 2. The van der Waals surface area contributed by atoms with Crippen molar-refractivity contribution in [1.29, 1.82) is 0 Å². The van der Waals surface area contributed by atoms with E-state index in [1.54, 1.807) is 41.3 Å². The van der Waals surface area contributed by atoms with Crippen LogP contribution in [0.3, 0.4) is 0 Å². The number of benzene rings is 2. The zero-order chi connectivity index (χ0) is 17.4. The summed E-state index contributed by atoms with van der Waals surface area (Å²) < 4.78 is 5.16. The minimum atomic E-state index is -0.405. The van der Waals surface area contributed by atoms with Crippen molar-refractivity contribution in [2.45, 2.75) is 0 Å². The number of hydrogen-bond donors (Lipinski definition) is 3. The van der Waals surface area contributed by atoms with Crippen molar-refractivity contribution in [3.63, 3.8) is 0 Å². The number of para-hydroxylation sites is 2. The summed E-state index contributed by atoms with van der Waals surface area (Å²) in [5.74, 6) is -0.238. The Bertz CT molecular complexity index is 1040. The highest BCUT2D eigenvalue weighted by Gasteiger charge is 2.25. The average molecular weight is 338 g/mol. The third kappa shape index (κ3) is 2.97. The van der Waals surface area contributed by atoms with Gasteiger partial charge in [0, 0.05) is 5.69 Å². The molecule has 2 aromatic carbocycles. The normalized spacial score (nSPS) is 13.4. The zero-order valence-electron chi connectivity index (χ0n) is 13.0. The largest absolute Gasteiger partial charge is 0.423 e. The van der Waals surface area contributed by atoms with Crippen molar-refractivity contribution >= 4 is 34.3 Å². The number of H-pyrrole nitrogens is 2. The van der Waals surface area contributed by atoms with E-state index < -0.39 is 5.97 Å². The molecule has 2 heterocycles. The second-order valence-electron chi connectivity index (χ2n) is 5.69. The van der Waals surface area contributed by atoms with Crippen LogP contribution in [-0.2, 0) is 9.59 Å². The summed E-state index contributed by atoms with van der Waals surface area (Å²) in [6.07, 6.45) is 0. The van der Waals surface area contributed by atoms with Crippen LogP contribution in [0.5, 0.6) is 5.75 Å². The van der Waals surface area contributed by atoms with Crippen LogP contribution < -0.4 is 20.6 Å². The number of nitrogens with one attached hydrogen (secondary N) is 3. The molecule has 25 heavy (non-hydrogen) atoms. The van der Waals surface area contributed by atoms with Crippen molar-refractivity contribution in [2.24, 2.45) is 0 Å². The molecule has 0 aliphatic carbocycles. The Morgan fingerprint density at radius 2 is 1.92 bits per heavy atom. The molecular weight excluding hydrogens is 324 g/mol. The Morgan fingerprint density at radius 1 is 1.12 bits per heavy atom. The highest BCUT2D eigenvalue weighted by Crippen LogP contribution is 2.31. The predicted molar refractivity (Wildman–Crippen MR) is 91.8 cm³/mol. The van der Waals surface area contributed by atoms with E-state index in [1.807, 2.05) is 6.07 Å². The van der Waals surface area contributed by atoms with Crippen molar-refractivity contribution in [2.75, 3.05) is 23.3 Å². The number of aromatic amines is 2. The molecule has 4 rings (SSSR count). The van der Waals surface area contributed by atoms with Crippen molar-refractivity contribution in [3.8, 4) is 5.75 Å². The van der Waals surface area contributed by atoms with Crippen molar-refractivity contribution in [3.05, 3.63) is 52.9 Å². The Kier molecular flexibility index (Phi) is 3.50. The molecule has 3 aromatic rings. The van der Waals surface area contributed by atoms with Gasteiger partial charge in [-0.1, -0.05) is 12.1 Å². The van der Waals surface area contributed by atoms with Gasteiger partial charge in [-0.25, -0.2) is 9.59 Å². The van der Waals surface area contributed by atoms with Gasteiger partial charge in [0.1, 0.15) is 6.54 Å². The Morgan fingerprint density at radius 3 is 2.80 bits per heavy atom. The lowest BCUT2D eigenvalue weighted by Crippen LogP contribution is -2.41. The third-order valence-electron chi connectivity index (χ3n) is 3.88. The van der Waals surface area contributed by atoms with Crippen LogP contribution >= 0.6 is 0 Å². The molecule has 0 saturated heterocycles. The molecule has 1 aliphatic heterocycles. The molecule has 3 N–H and O–H groups in total. The fourth-order valence-electron chi connectivity index (χ4n) is 2.83. The maximum absolute atomic E-state index is 12.4. The van der Waals surface area contributed by atoms with Crippen LogP contribution in [0, 0.1) is 0 Å². The number of amides is 1. The SMILES string of the molecule is O=C(CN1CC(=O)Oc2ccccc21)Nc1ccc2[nH]c(=O)[nH]c2c1. The molecule has 8 heteroatoms. The van der Waals surface area contributed by atoms with Crippen molar-refractivity contribution < 1.29 is 14.3 Å². The van der Waals surface area contributed by atoms with Gasteiger partial charge in [-0.2, -0.15) is 0 Å². The molecule has 1 aromatic heterocycles. The maximum Gasteiger partial charge on any atom is 0.331 e. The van der Waals surface area contributed by atoms with Crippen LogP contribution in [0.4, 0.5) is 11.4 Å². The summed E-state index contributed by atoms with van der Waals surface area (Å²) in [6, 6.07) is 12.1. The van der Waals surface area contributed by atoms with E-state index in [9.17, 15) is 14.4 Å². The molecule has 0 saturated carbocycles. The molecule has 8 nitrogen and oxygen atoms in total. The molecule has 0 atom stereocenters. The van der Waals surface area contributed by atoms with E-state index in [0.29, 0.717) is 28.2 Å². The summed E-state index contributed by atoms with van der Waals surface area (Å²) in [7, 11) is 0. The van der Waals surface area contributed by atoms with Gasteiger partial charge >= 0.3 is 11.7 Å². The second-order valence-corrected chi connectivity index (χ2v) is 5.69. The topological polar surface area (TPSA) is 107 Å². The van der Waals surface area contributed by atoms with Gasteiger partial charge in [-0.05, 0) is 30.3 Å². The van der Waals surface area contributed by atoms with Gasteiger partial charge in [0.2, 0.25) is 5.91 Å². The average Bonchev–Trinajstić information content (AvgIpc) is 2.94. The quantitative estimate of drug-likeness (QED) is 0.492.